The van der Waals surface area contributed by atoms with E-state index >= 15 is 0 Å². The lowest BCUT2D eigenvalue weighted by atomic mass is 9.92. The van der Waals surface area contributed by atoms with E-state index in [0.29, 0.717) is 13.0 Å². The molecule has 4 heteroatoms. The highest BCUT2D eigenvalue weighted by molar-refractivity contribution is 5.73. The molecule has 4 nitrogen and oxygen atoms in total. The van der Waals surface area contributed by atoms with Crippen molar-refractivity contribution >= 4 is 5.97 Å². The van der Waals surface area contributed by atoms with Crippen LogP contribution in [0.5, 0.6) is 5.75 Å². The molecule has 3 rings (SSSR count). The molecule has 0 aliphatic heterocycles. The van der Waals surface area contributed by atoms with Crippen molar-refractivity contribution in [2.24, 2.45) is 5.92 Å². The normalized spacial score (nSPS) is 12.7. The molecule has 0 saturated heterocycles. The molecule has 0 spiro atoms. The highest BCUT2D eigenvalue weighted by Gasteiger charge is 2.27. The van der Waals surface area contributed by atoms with E-state index in [1.165, 1.54) is 12.7 Å². The van der Waals surface area contributed by atoms with Gasteiger partial charge in [0.2, 0.25) is 0 Å². The van der Waals surface area contributed by atoms with Crippen LogP contribution in [0, 0.1) is 5.92 Å². The quantitative estimate of drug-likeness (QED) is 0.380. The zero-order chi connectivity index (χ0) is 22.8. The smallest absolute Gasteiger partial charge is 0.311 e. The third-order valence-electron chi connectivity index (χ3n) is 5.75. The van der Waals surface area contributed by atoms with E-state index in [9.17, 15) is 4.79 Å². The molecule has 0 saturated carbocycles. The van der Waals surface area contributed by atoms with E-state index in [1.54, 1.807) is 7.11 Å². The van der Waals surface area contributed by atoms with Crippen LogP contribution < -0.4 is 4.74 Å². The molecule has 0 bridgehead atoms. The SMILES string of the molecule is COC(=O)[C@@H](Cc1ccc(OC)c(CCc2ccccc2)c1)[C@H](C)OCc1ccccc1. The molecule has 0 aliphatic rings. The van der Waals surface area contributed by atoms with E-state index in [2.05, 4.69) is 30.3 Å². The average molecular weight is 433 g/mol. The van der Waals surface area contributed by atoms with Crippen LogP contribution in [-0.4, -0.2) is 26.3 Å². The van der Waals surface area contributed by atoms with Crippen LogP contribution in [-0.2, 0) is 40.1 Å². The molecule has 0 unspecified atom stereocenters. The summed E-state index contributed by atoms with van der Waals surface area (Å²) in [5.74, 6) is 0.221. The van der Waals surface area contributed by atoms with E-state index in [4.69, 9.17) is 14.2 Å². The van der Waals surface area contributed by atoms with E-state index < -0.39 is 0 Å². The van der Waals surface area contributed by atoms with Crippen LogP contribution in [0.3, 0.4) is 0 Å². The topological polar surface area (TPSA) is 44.8 Å². The second kappa shape index (κ2) is 12.1. The summed E-state index contributed by atoms with van der Waals surface area (Å²) < 4.78 is 16.7. The second-order valence-corrected chi connectivity index (χ2v) is 7.97. The average Bonchev–Trinajstić information content (AvgIpc) is 2.85. The Balaban J connectivity index is 1.71. The van der Waals surface area contributed by atoms with Gasteiger partial charge in [0.1, 0.15) is 5.75 Å². The summed E-state index contributed by atoms with van der Waals surface area (Å²) >= 11 is 0. The van der Waals surface area contributed by atoms with Crippen molar-refractivity contribution in [1.29, 1.82) is 0 Å². The number of aryl methyl sites for hydroxylation is 2. The van der Waals surface area contributed by atoms with Crippen LogP contribution in [0.15, 0.2) is 78.9 Å². The standard InChI is InChI=1S/C28H32O4/c1-21(32-20-23-12-8-5-9-13-23)26(28(29)31-3)19-24-15-17-27(30-2)25(18-24)16-14-22-10-6-4-7-11-22/h4-13,15,17-18,21,26H,14,16,19-20H2,1-3H3/t21-,26-/m0/s1. The fourth-order valence-corrected chi connectivity index (χ4v) is 3.84. The van der Waals surface area contributed by atoms with Gasteiger partial charge in [0.25, 0.3) is 0 Å². The highest BCUT2D eigenvalue weighted by atomic mass is 16.5. The van der Waals surface area contributed by atoms with Gasteiger partial charge < -0.3 is 14.2 Å². The Labute approximate surface area is 191 Å². The minimum absolute atomic E-state index is 0.257. The summed E-state index contributed by atoms with van der Waals surface area (Å²) in [6, 6.07) is 26.5. The Morgan fingerprint density at radius 3 is 2.09 bits per heavy atom. The van der Waals surface area contributed by atoms with Gasteiger partial charge in [-0.1, -0.05) is 72.8 Å². The minimum Gasteiger partial charge on any atom is -0.496 e. The molecular weight excluding hydrogens is 400 g/mol. The molecule has 0 aliphatic carbocycles. The van der Waals surface area contributed by atoms with Gasteiger partial charge in [-0.25, -0.2) is 0 Å². The summed E-state index contributed by atoms with van der Waals surface area (Å²) in [5.41, 5.74) is 4.57. The third-order valence-corrected chi connectivity index (χ3v) is 5.75. The summed E-state index contributed by atoms with van der Waals surface area (Å²) in [6.07, 6.45) is 2.06. The van der Waals surface area contributed by atoms with Gasteiger partial charge in [-0.05, 0) is 54.5 Å². The first-order valence-corrected chi connectivity index (χ1v) is 11.0. The summed E-state index contributed by atoms with van der Waals surface area (Å²) in [4.78, 5) is 12.6. The summed E-state index contributed by atoms with van der Waals surface area (Å²) in [5, 5.41) is 0. The molecule has 0 radical (unpaired) electrons. The first-order chi connectivity index (χ1) is 15.6. The molecule has 3 aromatic rings. The molecule has 3 aromatic carbocycles. The van der Waals surface area contributed by atoms with Gasteiger partial charge in [0, 0.05) is 0 Å². The number of carbonyl (C=O) groups excluding carboxylic acids is 1. The van der Waals surface area contributed by atoms with Crippen LogP contribution in [0.2, 0.25) is 0 Å². The van der Waals surface area contributed by atoms with Gasteiger partial charge in [-0.2, -0.15) is 0 Å². The maximum Gasteiger partial charge on any atom is 0.311 e. The molecule has 32 heavy (non-hydrogen) atoms. The maximum atomic E-state index is 12.6. The fourth-order valence-electron chi connectivity index (χ4n) is 3.84. The summed E-state index contributed by atoms with van der Waals surface area (Å²) in [7, 11) is 3.12. The largest absolute Gasteiger partial charge is 0.496 e. The monoisotopic (exact) mass is 432 g/mol. The number of rotatable bonds is 11. The predicted octanol–water partition coefficient (Wildman–Crippen LogP) is 5.42. The number of methoxy groups -OCH3 is 2. The van der Waals surface area contributed by atoms with Gasteiger partial charge in [-0.3, -0.25) is 4.79 Å². The van der Waals surface area contributed by atoms with E-state index in [-0.39, 0.29) is 18.0 Å². The Morgan fingerprint density at radius 1 is 0.812 bits per heavy atom. The van der Waals surface area contributed by atoms with Gasteiger partial charge in [0.15, 0.2) is 0 Å². The number of hydrogen-bond donors (Lipinski definition) is 0. The van der Waals surface area contributed by atoms with Gasteiger partial charge >= 0.3 is 5.97 Å². The molecule has 168 valence electrons. The Bertz CT molecular complexity index is 969. The summed E-state index contributed by atoms with van der Waals surface area (Å²) in [6.45, 7) is 2.39. The molecule has 0 N–H and O–H groups in total. The molecule has 0 fully saturated rings. The van der Waals surface area contributed by atoms with Crippen molar-refractivity contribution < 1.29 is 19.0 Å². The van der Waals surface area contributed by atoms with Crippen LogP contribution >= 0.6 is 0 Å². The zero-order valence-electron chi connectivity index (χ0n) is 19.1. The lowest BCUT2D eigenvalue weighted by Gasteiger charge is -2.23. The van der Waals surface area contributed by atoms with Crippen molar-refractivity contribution in [3.05, 3.63) is 101 Å². The molecule has 0 amide bonds. The van der Waals surface area contributed by atoms with Crippen LogP contribution in [0.4, 0.5) is 0 Å². The van der Waals surface area contributed by atoms with Crippen molar-refractivity contribution in [2.45, 2.75) is 38.9 Å². The van der Waals surface area contributed by atoms with Crippen LogP contribution in [0.25, 0.3) is 0 Å². The van der Waals surface area contributed by atoms with Gasteiger partial charge in [0.05, 0.1) is 32.8 Å². The van der Waals surface area contributed by atoms with Gasteiger partial charge in [-0.15, -0.1) is 0 Å². The van der Waals surface area contributed by atoms with Crippen molar-refractivity contribution in [3.8, 4) is 5.75 Å². The number of benzene rings is 3. The highest BCUT2D eigenvalue weighted by Crippen LogP contribution is 2.25. The number of carbonyl (C=O) groups is 1. The second-order valence-electron chi connectivity index (χ2n) is 7.97. The lowest BCUT2D eigenvalue weighted by Crippen LogP contribution is -2.31. The van der Waals surface area contributed by atoms with Crippen molar-refractivity contribution in [1.82, 2.24) is 0 Å². The Hall–Kier alpha value is -3.11. The first-order valence-electron chi connectivity index (χ1n) is 11.0. The first kappa shape index (κ1) is 23.6. The lowest BCUT2D eigenvalue weighted by molar-refractivity contribution is -0.151. The number of ether oxygens (including phenoxy) is 3. The predicted molar refractivity (Wildman–Crippen MR) is 127 cm³/mol. The Kier molecular flexibility index (Phi) is 8.88. The molecule has 0 heterocycles. The molecule has 0 aromatic heterocycles. The van der Waals surface area contributed by atoms with E-state index in [0.717, 1.165) is 35.3 Å². The number of hydrogen-bond acceptors (Lipinski definition) is 4. The maximum absolute atomic E-state index is 12.6. The molecular formula is C28H32O4. The van der Waals surface area contributed by atoms with Crippen molar-refractivity contribution in [3.63, 3.8) is 0 Å². The number of esters is 1. The fraction of sp³-hybridized carbons (Fsp3) is 0.321. The van der Waals surface area contributed by atoms with Crippen molar-refractivity contribution in [2.75, 3.05) is 14.2 Å². The molecule has 2 atom stereocenters. The third kappa shape index (κ3) is 6.69. The van der Waals surface area contributed by atoms with Crippen LogP contribution in [0.1, 0.15) is 29.2 Å². The minimum atomic E-state index is -0.390. The Morgan fingerprint density at radius 2 is 1.47 bits per heavy atom. The van der Waals surface area contributed by atoms with E-state index in [1.807, 2.05) is 55.5 Å². The zero-order valence-corrected chi connectivity index (χ0v) is 19.1.